The van der Waals surface area contributed by atoms with Gasteiger partial charge in [-0.05, 0) is 50.6 Å². The number of hydrogen-bond donors (Lipinski definition) is 0. The van der Waals surface area contributed by atoms with Crippen molar-refractivity contribution in [2.75, 3.05) is 0 Å². The summed E-state index contributed by atoms with van der Waals surface area (Å²) in [5.74, 6) is 0. The zero-order chi connectivity index (χ0) is 15.0. The first kappa shape index (κ1) is 15.4. The summed E-state index contributed by atoms with van der Waals surface area (Å²) in [6.45, 7) is 0. The highest BCUT2D eigenvalue weighted by Gasteiger charge is 2.15. The SMILES string of the molecule is Clc1ccc(C(Br)c2ccc(Cl)c3ccccc23)cc1Br. The summed E-state index contributed by atoms with van der Waals surface area (Å²) in [4.78, 5) is 0.0771. The van der Waals surface area contributed by atoms with Gasteiger partial charge in [-0.15, -0.1) is 0 Å². The zero-order valence-corrected chi connectivity index (χ0v) is 15.5. The van der Waals surface area contributed by atoms with Crippen LogP contribution in [0.15, 0.2) is 59.1 Å². The molecule has 0 radical (unpaired) electrons. The van der Waals surface area contributed by atoms with Crippen molar-refractivity contribution in [1.82, 2.24) is 0 Å². The molecule has 4 heteroatoms. The highest BCUT2D eigenvalue weighted by molar-refractivity contribution is 9.10. The maximum Gasteiger partial charge on any atom is 0.0651 e. The lowest BCUT2D eigenvalue weighted by atomic mass is 9.98. The summed E-state index contributed by atoms with van der Waals surface area (Å²) in [5.41, 5.74) is 2.32. The molecule has 1 unspecified atom stereocenters. The van der Waals surface area contributed by atoms with Crippen LogP contribution in [0.4, 0.5) is 0 Å². The van der Waals surface area contributed by atoms with Crippen LogP contribution in [-0.4, -0.2) is 0 Å². The lowest BCUT2D eigenvalue weighted by Crippen LogP contribution is -1.94. The third kappa shape index (κ3) is 3.00. The average molecular weight is 445 g/mol. The van der Waals surface area contributed by atoms with E-state index in [9.17, 15) is 0 Å². The molecule has 3 aromatic rings. The fraction of sp³-hybridized carbons (Fsp3) is 0.0588. The van der Waals surface area contributed by atoms with Gasteiger partial charge < -0.3 is 0 Å². The Morgan fingerprint density at radius 3 is 2.19 bits per heavy atom. The van der Waals surface area contributed by atoms with Crippen LogP contribution in [0.5, 0.6) is 0 Å². The Bertz CT molecular complexity index is 815. The molecule has 0 aliphatic rings. The van der Waals surface area contributed by atoms with Gasteiger partial charge in [0.15, 0.2) is 0 Å². The van der Waals surface area contributed by atoms with Crippen molar-refractivity contribution >= 4 is 65.8 Å². The lowest BCUT2D eigenvalue weighted by molar-refractivity contribution is 1.19. The van der Waals surface area contributed by atoms with Crippen molar-refractivity contribution < 1.29 is 0 Å². The second kappa shape index (κ2) is 6.29. The van der Waals surface area contributed by atoms with Gasteiger partial charge in [-0.3, -0.25) is 0 Å². The van der Waals surface area contributed by atoms with E-state index >= 15 is 0 Å². The molecule has 0 N–H and O–H groups in total. The first-order valence-electron chi connectivity index (χ1n) is 6.34. The molecule has 3 aromatic carbocycles. The van der Waals surface area contributed by atoms with Crippen molar-refractivity contribution in [2.24, 2.45) is 0 Å². The van der Waals surface area contributed by atoms with Crippen LogP contribution < -0.4 is 0 Å². The van der Waals surface area contributed by atoms with Gasteiger partial charge in [0, 0.05) is 14.9 Å². The van der Waals surface area contributed by atoms with E-state index in [0.717, 1.165) is 25.8 Å². The summed E-state index contributed by atoms with van der Waals surface area (Å²) in [7, 11) is 0. The van der Waals surface area contributed by atoms with E-state index in [0.29, 0.717) is 5.02 Å². The van der Waals surface area contributed by atoms with Crippen molar-refractivity contribution in [3.63, 3.8) is 0 Å². The standard InChI is InChI=1S/C17H10Br2Cl2/c18-14-9-10(5-7-16(14)21)17(19)13-6-8-15(20)12-4-2-1-3-11(12)13/h1-9,17H. The van der Waals surface area contributed by atoms with Gasteiger partial charge in [0.05, 0.1) is 9.85 Å². The number of benzene rings is 3. The minimum Gasteiger partial charge on any atom is -0.0837 e. The quantitative estimate of drug-likeness (QED) is 0.361. The van der Waals surface area contributed by atoms with Crippen molar-refractivity contribution in [3.8, 4) is 0 Å². The van der Waals surface area contributed by atoms with E-state index in [1.165, 1.54) is 5.56 Å². The second-order valence-electron chi connectivity index (χ2n) is 4.72. The van der Waals surface area contributed by atoms with E-state index in [1.54, 1.807) is 0 Å². The molecule has 0 bridgehead atoms. The molecule has 0 spiro atoms. The Balaban J connectivity index is 2.15. The normalized spacial score (nSPS) is 12.6. The van der Waals surface area contributed by atoms with E-state index in [1.807, 2.05) is 42.5 Å². The Kier molecular flexibility index (Phi) is 4.60. The van der Waals surface area contributed by atoms with Gasteiger partial charge in [0.1, 0.15) is 0 Å². The first-order chi connectivity index (χ1) is 10.1. The van der Waals surface area contributed by atoms with Gasteiger partial charge >= 0.3 is 0 Å². The van der Waals surface area contributed by atoms with Crippen LogP contribution >= 0.6 is 55.1 Å². The predicted octanol–water partition coefficient (Wildman–Crippen LogP) is 7.39. The van der Waals surface area contributed by atoms with Crippen LogP contribution in [0.1, 0.15) is 16.0 Å². The lowest BCUT2D eigenvalue weighted by Gasteiger charge is -2.15. The largest absolute Gasteiger partial charge is 0.0837 e. The van der Waals surface area contributed by atoms with Gasteiger partial charge in [-0.1, -0.05) is 75.5 Å². The third-order valence-corrected chi connectivity index (χ3v) is 5.98. The number of halogens is 4. The summed E-state index contributed by atoms with van der Waals surface area (Å²) in [6.07, 6.45) is 0. The third-order valence-electron chi connectivity index (χ3n) is 3.41. The van der Waals surface area contributed by atoms with Crippen LogP contribution in [0, 0.1) is 0 Å². The fourth-order valence-corrected chi connectivity index (χ4v) is 3.78. The molecule has 0 aliphatic carbocycles. The Morgan fingerprint density at radius 2 is 1.48 bits per heavy atom. The molecular weight excluding hydrogens is 435 g/mol. The molecule has 0 heterocycles. The van der Waals surface area contributed by atoms with Gasteiger partial charge in [-0.25, -0.2) is 0 Å². The Labute approximate surface area is 150 Å². The first-order valence-corrected chi connectivity index (χ1v) is 8.80. The molecule has 21 heavy (non-hydrogen) atoms. The maximum atomic E-state index is 6.29. The van der Waals surface area contributed by atoms with Crippen molar-refractivity contribution in [2.45, 2.75) is 4.83 Å². The fourth-order valence-electron chi connectivity index (χ4n) is 2.36. The predicted molar refractivity (Wildman–Crippen MR) is 98.9 cm³/mol. The summed E-state index contributed by atoms with van der Waals surface area (Å²) < 4.78 is 0.893. The molecule has 0 fully saturated rings. The topological polar surface area (TPSA) is 0 Å². The molecule has 0 aromatic heterocycles. The Morgan fingerprint density at radius 1 is 0.810 bits per heavy atom. The van der Waals surface area contributed by atoms with E-state index in [4.69, 9.17) is 23.2 Å². The monoisotopic (exact) mass is 442 g/mol. The number of fused-ring (bicyclic) bond motifs is 1. The Hall–Kier alpha value is -0.540. The molecule has 0 aliphatic heterocycles. The molecule has 0 saturated heterocycles. The van der Waals surface area contributed by atoms with E-state index < -0.39 is 0 Å². The zero-order valence-electron chi connectivity index (χ0n) is 10.8. The van der Waals surface area contributed by atoms with Crippen molar-refractivity contribution in [3.05, 3.63) is 80.2 Å². The minimum absolute atomic E-state index is 0.0771. The molecule has 0 saturated carbocycles. The minimum atomic E-state index is 0.0771. The smallest absolute Gasteiger partial charge is 0.0651 e. The molecule has 3 rings (SSSR count). The van der Waals surface area contributed by atoms with E-state index in [2.05, 4.69) is 44.0 Å². The number of rotatable bonds is 2. The summed E-state index contributed by atoms with van der Waals surface area (Å²) in [5, 5.41) is 3.69. The highest BCUT2D eigenvalue weighted by Crippen LogP contribution is 2.39. The molecule has 106 valence electrons. The van der Waals surface area contributed by atoms with Gasteiger partial charge in [0.2, 0.25) is 0 Å². The van der Waals surface area contributed by atoms with Crippen LogP contribution in [-0.2, 0) is 0 Å². The maximum absolute atomic E-state index is 6.29. The van der Waals surface area contributed by atoms with Crippen molar-refractivity contribution in [1.29, 1.82) is 0 Å². The molecule has 0 nitrogen and oxygen atoms in total. The average Bonchev–Trinajstić information content (AvgIpc) is 2.50. The van der Waals surface area contributed by atoms with Crippen LogP contribution in [0.2, 0.25) is 10.0 Å². The van der Waals surface area contributed by atoms with Crippen LogP contribution in [0.25, 0.3) is 10.8 Å². The number of hydrogen-bond acceptors (Lipinski definition) is 0. The van der Waals surface area contributed by atoms with E-state index in [-0.39, 0.29) is 4.83 Å². The van der Waals surface area contributed by atoms with Gasteiger partial charge in [-0.2, -0.15) is 0 Å². The molecular formula is C17H10Br2Cl2. The van der Waals surface area contributed by atoms with Crippen LogP contribution in [0.3, 0.4) is 0 Å². The molecule has 1 atom stereocenters. The summed E-state index contributed by atoms with van der Waals surface area (Å²) >= 11 is 19.6. The highest BCUT2D eigenvalue weighted by atomic mass is 79.9. The summed E-state index contributed by atoms with van der Waals surface area (Å²) in [6, 6.07) is 18.1. The van der Waals surface area contributed by atoms with Gasteiger partial charge in [0.25, 0.3) is 0 Å². The number of alkyl halides is 1. The second-order valence-corrected chi connectivity index (χ2v) is 7.30. The molecule has 0 amide bonds.